The summed E-state index contributed by atoms with van der Waals surface area (Å²) in [5.74, 6) is -0.513. The van der Waals surface area contributed by atoms with Gasteiger partial charge in [0.15, 0.2) is 5.04 Å². The normalized spacial score (nSPS) is 18.0. The van der Waals surface area contributed by atoms with E-state index in [9.17, 15) is 8.42 Å². The number of aryl methyl sites for hydroxylation is 1. The fourth-order valence-corrected chi connectivity index (χ4v) is 4.78. The highest BCUT2D eigenvalue weighted by molar-refractivity contribution is 8.05. The Hall–Kier alpha value is -2.00. The van der Waals surface area contributed by atoms with Crippen LogP contribution in [0.1, 0.15) is 22.1 Å². The summed E-state index contributed by atoms with van der Waals surface area (Å²) in [6.07, 6.45) is 0. The van der Waals surface area contributed by atoms with Gasteiger partial charge in [-0.05, 0) is 12.5 Å². The zero-order chi connectivity index (χ0) is 15.7. The maximum Gasteiger partial charge on any atom is 0.203 e. The number of nitrogens with one attached hydrogen (secondary N) is 1. The Morgan fingerprint density at radius 3 is 2.68 bits per heavy atom. The summed E-state index contributed by atoms with van der Waals surface area (Å²) >= 11 is 1.07. The van der Waals surface area contributed by atoms with Crippen LogP contribution in [0.25, 0.3) is 0 Å². The molecule has 0 spiro atoms. The van der Waals surface area contributed by atoms with Gasteiger partial charge in [0.05, 0.1) is 5.92 Å². The fraction of sp³-hybridized carbons (Fsp3) is 0.308. The van der Waals surface area contributed by atoms with Crippen LogP contribution in [-0.4, -0.2) is 30.2 Å². The number of nitrogen functional groups attached to an aromatic ring is 1. The van der Waals surface area contributed by atoms with E-state index in [4.69, 9.17) is 5.73 Å². The molecule has 0 fully saturated rings. The summed E-state index contributed by atoms with van der Waals surface area (Å²) in [5, 5.41) is 12.2. The summed E-state index contributed by atoms with van der Waals surface area (Å²) in [5.41, 5.74) is 10.3. The van der Waals surface area contributed by atoms with Gasteiger partial charge in [-0.1, -0.05) is 41.2 Å². The number of hydrazone groups is 1. The Morgan fingerprint density at radius 1 is 1.32 bits per heavy atom. The maximum atomic E-state index is 12.6. The van der Waals surface area contributed by atoms with Gasteiger partial charge in [-0.15, -0.1) is 10.2 Å². The predicted molar refractivity (Wildman–Crippen MR) is 86.3 cm³/mol. The van der Waals surface area contributed by atoms with Gasteiger partial charge in [-0.25, -0.2) is 8.42 Å². The molecular formula is C13H15N5O2S2. The van der Waals surface area contributed by atoms with Gasteiger partial charge in [-0.2, -0.15) is 5.10 Å². The SMILES string of the molecule is Cc1ccc(C2CNN=C2S(=O)(=O)Cc2nnc(N)s2)cc1. The van der Waals surface area contributed by atoms with Crippen LogP contribution in [-0.2, 0) is 15.6 Å². The molecule has 7 nitrogen and oxygen atoms in total. The first-order valence-corrected chi connectivity index (χ1v) is 9.10. The minimum Gasteiger partial charge on any atom is -0.374 e. The van der Waals surface area contributed by atoms with E-state index in [0.717, 1.165) is 22.5 Å². The number of nitrogens with two attached hydrogens (primary N) is 1. The number of aromatic nitrogens is 2. The van der Waals surface area contributed by atoms with Gasteiger partial charge in [0.1, 0.15) is 10.8 Å². The molecule has 1 aromatic heterocycles. The first-order chi connectivity index (χ1) is 10.5. The minimum atomic E-state index is -3.57. The molecule has 3 N–H and O–H groups in total. The third-order valence-electron chi connectivity index (χ3n) is 3.38. The third-order valence-corrected chi connectivity index (χ3v) is 5.98. The van der Waals surface area contributed by atoms with Crippen LogP contribution in [0.2, 0.25) is 0 Å². The summed E-state index contributed by atoms with van der Waals surface area (Å²) in [6, 6.07) is 7.79. The largest absolute Gasteiger partial charge is 0.374 e. The lowest BCUT2D eigenvalue weighted by Gasteiger charge is -2.12. The number of anilines is 1. The minimum absolute atomic E-state index is 0.144. The van der Waals surface area contributed by atoms with E-state index in [1.54, 1.807) is 0 Å². The Morgan fingerprint density at radius 2 is 2.05 bits per heavy atom. The zero-order valence-corrected chi connectivity index (χ0v) is 13.5. The van der Waals surface area contributed by atoms with E-state index in [1.165, 1.54) is 0 Å². The van der Waals surface area contributed by atoms with Crippen LogP contribution in [0.3, 0.4) is 0 Å². The van der Waals surface area contributed by atoms with E-state index >= 15 is 0 Å². The van der Waals surface area contributed by atoms with Crippen molar-refractivity contribution in [2.75, 3.05) is 12.3 Å². The zero-order valence-electron chi connectivity index (χ0n) is 11.9. The van der Waals surface area contributed by atoms with E-state index in [0.29, 0.717) is 11.6 Å². The van der Waals surface area contributed by atoms with Crippen molar-refractivity contribution in [2.45, 2.75) is 18.6 Å². The molecule has 0 aliphatic carbocycles. The molecule has 9 heteroatoms. The van der Waals surface area contributed by atoms with Gasteiger partial charge in [0, 0.05) is 6.54 Å². The highest BCUT2D eigenvalue weighted by Crippen LogP contribution is 2.26. The van der Waals surface area contributed by atoms with Crippen molar-refractivity contribution in [1.29, 1.82) is 0 Å². The molecule has 1 aliphatic heterocycles. The predicted octanol–water partition coefficient (Wildman–Crippen LogP) is 1.04. The average Bonchev–Trinajstić information content (AvgIpc) is 3.09. The highest BCUT2D eigenvalue weighted by atomic mass is 32.2. The van der Waals surface area contributed by atoms with Crippen molar-refractivity contribution in [3.05, 3.63) is 40.4 Å². The maximum absolute atomic E-state index is 12.6. The molecule has 0 saturated carbocycles. The van der Waals surface area contributed by atoms with Crippen molar-refractivity contribution in [2.24, 2.45) is 5.10 Å². The van der Waals surface area contributed by atoms with Crippen LogP contribution < -0.4 is 11.2 Å². The van der Waals surface area contributed by atoms with E-state index < -0.39 is 9.84 Å². The molecule has 0 amide bonds. The smallest absolute Gasteiger partial charge is 0.203 e. The van der Waals surface area contributed by atoms with Gasteiger partial charge in [-0.3, -0.25) is 0 Å². The number of rotatable bonds is 3. The van der Waals surface area contributed by atoms with Crippen LogP contribution >= 0.6 is 11.3 Å². The van der Waals surface area contributed by atoms with Gasteiger partial charge in [0.25, 0.3) is 0 Å². The summed E-state index contributed by atoms with van der Waals surface area (Å²) in [4.78, 5) is 0. The van der Waals surface area contributed by atoms with Crippen LogP contribution in [0.4, 0.5) is 5.13 Å². The standard InChI is InChI=1S/C13H15N5O2S2/c1-8-2-4-9(5-3-8)10-6-15-17-12(10)22(19,20)7-11-16-18-13(14)21-11/h2-5,10,15H,6-7H2,1H3,(H2,14,18). The Balaban J connectivity index is 1.87. The molecular weight excluding hydrogens is 322 g/mol. The van der Waals surface area contributed by atoms with Crippen molar-refractivity contribution in [1.82, 2.24) is 15.6 Å². The lowest BCUT2D eigenvalue weighted by molar-refractivity contribution is 0.605. The quantitative estimate of drug-likeness (QED) is 0.866. The van der Waals surface area contributed by atoms with Crippen molar-refractivity contribution < 1.29 is 8.42 Å². The average molecular weight is 337 g/mol. The second-order valence-corrected chi connectivity index (χ2v) is 8.10. The lowest BCUT2D eigenvalue weighted by Crippen LogP contribution is -2.23. The second kappa shape index (κ2) is 5.65. The van der Waals surface area contributed by atoms with E-state index in [2.05, 4.69) is 20.7 Å². The van der Waals surface area contributed by atoms with Crippen molar-refractivity contribution >= 4 is 31.3 Å². The Labute approximate surface area is 132 Å². The van der Waals surface area contributed by atoms with Gasteiger partial charge >= 0.3 is 0 Å². The fourth-order valence-electron chi connectivity index (χ4n) is 2.29. The Bertz CT molecular complexity index is 811. The number of hydrogen-bond acceptors (Lipinski definition) is 8. The summed E-state index contributed by atoms with van der Waals surface area (Å²) < 4.78 is 25.2. The van der Waals surface area contributed by atoms with E-state index in [-0.39, 0.29) is 21.8 Å². The molecule has 2 heterocycles. The molecule has 1 aliphatic rings. The number of benzene rings is 1. The molecule has 2 aromatic rings. The van der Waals surface area contributed by atoms with Crippen molar-refractivity contribution in [3.8, 4) is 0 Å². The Kier molecular flexibility index (Phi) is 3.83. The van der Waals surface area contributed by atoms with E-state index in [1.807, 2.05) is 31.2 Å². The molecule has 1 aromatic carbocycles. The van der Waals surface area contributed by atoms with Crippen LogP contribution in [0.5, 0.6) is 0 Å². The van der Waals surface area contributed by atoms with Gasteiger partial charge < -0.3 is 11.2 Å². The van der Waals surface area contributed by atoms with Crippen LogP contribution in [0.15, 0.2) is 29.4 Å². The van der Waals surface area contributed by atoms with Crippen molar-refractivity contribution in [3.63, 3.8) is 0 Å². The number of nitrogens with zero attached hydrogens (tertiary/aromatic N) is 3. The molecule has 1 unspecified atom stereocenters. The first-order valence-electron chi connectivity index (χ1n) is 6.63. The number of hydrogen-bond donors (Lipinski definition) is 2. The second-order valence-electron chi connectivity index (χ2n) is 5.07. The molecule has 0 bridgehead atoms. The summed E-state index contributed by atoms with van der Waals surface area (Å²) in [6.45, 7) is 2.46. The molecule has 3 rings (SSSR count). The molecule has 22 heavy (non-hydrogen) atoms. The number of sulfone groups is 1. The van der Waals surface area contributed by atoms with Gasteiger partial charge in [0.2, 0.25) is 15.0 Å². The molecule has 1 atom stereocenters. The van der Waals surface area contributed by atoms with Crippen LogP contribution in [0, 0.1) is 6.92 Å². The molecule has 0 saturated heterocycles. The first kappa shape index (κ1) is 14.9. The topological polar surface area (TPSA) is 110 Å². The summed E-state index contributed by atoms with van der Waals surface area (Å²) in [7, 11) is -3.57. The molecule has 0 radical (unpaired) electrons. The highest BCUT2D eigenvalue weighted by Gasteiger charge is 2.34. The lowest BCUT2D eigenvalue weighted by atomic mass is 10.00. The monoisotopic (exact) mass is 337 g/mol. The third kappa shape index (κ3) is 2.95. The molecule has 116 valence electrons.